The van der Waals surface area contributed by atoms with Crippen LogP contribution in [-0.2, 0) is 4.79 Å². The van der Waals surface area contributed by atoms with Gasteiger partial charge in [-0.1, -0.05) is 31.3 Å². The highest BCUT2D eigenvalue weighted by Gasteiger charge is 2.63. The molecule has 0 unspecified atom stereocenters. The summed E-state index contributed by atoms with van der Waals surface area (Å²) in [7, 11) is 0. The first-order valence-corrected chi connectivity index (χ1v) is 10.4. The van der Waals surface area contributed by atoms with Crippen molar-refractivity contribution in [1.82, 2.24) is 0 Å². The van der Waals surface area contributed by atoms with Gasteiger partial charge < -0.3 is 10.2 Å². The molecule has 3 saturated carbocycles. The van der Waals surface area contributed by atoms with Crippen molar-refractivity contribution < 1.29 is 15.0 Å². The summed E-state index contributed by atoms with van der Waals surface area (Å²) in [5, 5.41) is 20.4. The molecular weight excluding hydrogens is 324 g/mol. The molecule has 3 heteroatoms. The second-order valence-corrected chi connectivity index (χ2v) is 9.60. The van der Waals surface area contributed by atoms with Crippen LogP contribution in [0.25, 0.3) is 0 Å². The van der Waals surface area contributed by atoms with Crippen molar-refractivity contribution in [3.8, 4) is 11.8 Å². The van der Waals surface area contributed by atoms with Crippen LogP contribution in [0.15, 0.2) is 11.6 Å². The van der Waals surface area contributed by atoms with E-state index in [2.05, 4.69) is 25.7 Å². The Morgan fingerprint density at radius 2 is 1.88 bits per heavy atom. The van der Waals surface area contributed by atoms with Crippen molar-refractivity contribution in [3.63, 3.8) is 0 Å². The fraction of sp³-hybridized carbons (Fsp3) is 0.783. The predicted molar refractivity (Wildman–Crippen MR) is 101 cm³/mol. The van der Waals surface area contributed by atoms with Gasteiger partial charge in [0.2, 0.25) is 0 Å². The van der Waals surface area contributed by atoms with Crippen molar-refractivity contribution in [2.24, 2.45) is 28.6 Å². The van der Waals surface area contributed by atoms with Crippen molar-refractivity contribution in [2.45, 2.75) is 77.2 Å². The van der Waals surface area contributed by atoms with Gasteiger partial charge in [-0.15, -0.1) is 0 Å². The lowest BCUT2D eigenvalue weighted by atomic mass is 9.46. The number of ketones is 1. The van der Waals surface area contributed by atoms with Crippen LogP contribution in [0.4, 0.5) is 0 Å². The van der Waals surface area contributed by atoms with E-state index >= 15 is 0 Å². The number of allylic oxidation sites excluding steroid dienone is 1. The lowest BCUT2D eigenvalue weighted by Crippen LogP contribution is -2.54. The molecule has 0 aromatic rings. The normalized spacial score (nSPS) is 47.2. The molecule has 0 amide bonds. The molecule has 142 valence electrons. The molecule has 26 heavy (non-hydrogen) atoms. The van der Waals surface area contributed by atoms with E-state index in [-0.39, 0.29) is 17.4 Å². The third-order valence-electron chi connectivity index (χ3n) is 8.65. The summed E-state index contributed by atoms with van der Waals surface area (Å²) >= 11 is 0. The first-order valence-electron chi connectivity index (χ1n) is 10.4. The zero-order valence-electron chi connectivity index (χ0n) is 16.2. The van der Waals surface area contributed by atoms with E-state index in [9.17, 15) is 9.90 Å². The van der Waals surface area contributed by atoms with Gasteiger partial charge in [-0.05, 0) is 74.2 Å². The highest BCUT2D eigenvalue weighted by molar-refractivity contribution is 5.91. The van der Waals surface area contributed by atoms with Crippen LogP contribution in [-0.4, -0.2) is 28.2 Å². The maximum Gasteiger partial charge on any atom is 0.155 e. The van der Waals surface area contributed by atoms with E-state index in [1.807, 2.05) is 6.08 Å². The van der Waals surface area contributed by atoms with E-state index in [4.69, 9.17) is 5.11 Å². The first kappa shape index (κ1) is 18.3. The molecule has 0 spiro atoms. The lowest BCUT2D eigenvalue weighted by molar-refractivity contribution is -0.119. The molecule has 3 fully saturated rings. The Balaban J connectivity index is 1.64. The first-order chi connectivity index (χ1) is 12.3. The summed E-state index contributed by atoms with van der Waals surface area (Å²) in [6, 6.07) is 0. The highest BCUT2D eigenvalue weighted by Crippen LogP contribution is 2.67. The van der Waals surface area contributed by atoms with E-state index in [0.29, 0.717) is 36.4 Å². The second kappa shape index (κ2) is 6.21. The number of aliphatic hydroxyl groups excluding tert-OH is 1. The largest absolute Gasteiger partial charge is 0.395 e. The fourth-order valence-corrected chi connectivity index (χ4v) is 7.05. The molecule has 0 aromatic heterocycles. The molecule has 6 atom stereocenters. The number of carbonyl (C=O) groups is 1. The minimum atomic E-state index is -0.905. The number of hydrogen-bond acceptors (Lipinski definition) is 3. The van der Waals surface area contributed by atoms with Crippen LogP contribution >= 0.6 is 0 Å². The van der Waals surface area contributed by atoms with E-state index in [0.717, 1.165) is 44.9 Å². The van der Waals surface area contributed by atoms with Crippen LogP contribution in [0.5, 0.6) is 0 Å². The average molecular weight is 357 g/mol. The minimum Gasteiger partial charge on any atom is -0.395 e. The summed E-state index contributed by atoms with van der Waals surface area (Å²) in [6.45, 7) is 4.71. The molecule has 4 aliphatic carbocycles. The Hall–Kier alpha value is -1.11. The SMILES string of the molecule is C[C@]12CCC(=O)C=C1CC[C@@H]1[C@@H]2CC[C@@]2(C)[C@H]1CC[C@@]2(O)C#CCCO. The molecule has 0 aliphatic heterocycles. The Labute approximate surface area is 157 Å². The number of rotatable bonds is 1. The molecule has 4 aliphatic rings. The van der Waals surface area contributed by atoms with Gasteiger partial charge in [0, 0.05) is 18.3 Å². The standard InChI is InChI=1S/C23H32O3/c1-21-11-7-17(25)15-16(21)5-6-18-19(21)8-12-22(2)20(18)9-13-23(22,26)10-3-4-14-24/h15,18-20,24,26H,4-9,11-14H2,1-2H3/t18-,19+,20+,21+,22+,23+/m1/s1. The van der Waals surface area contributed by atoms with Crippen molar-refractivity contribution in [3.05, 3.63) is 11.6 Å². The maximum absolute atomic E-state index is 11.9. The van der Waals surface area contributed by atoms with Gasteiger partial charge in [0.25, 0.3) is 0 Å². The summed E-state index contributed by atoms with van der Waals surface area (Å²) in [5.74, 6) is 8.27. The van der Waals surface area contributed by atoms with Crippen molar-refractivity contribution >= 4 is 5.78 Å². The van der Waals surface area contributed by atoms with Crippen LogP contribution in [0.3, 0.4) is 0 Å². The van der Waals surface area contributed by atoms with Gasteiger partial charge in [0.1, 0.15) is 5.60 Å². The van der Waals surface area contributed by atoms with Gasteiger partial charge in [0.15, 0.2) is 5.78 Å². The average Bonchev–Trinajstić information content (AvgIpc) is 2.87. The molecule has 4 rings (SSSR count). The van der Waals surface area contributed by atoms with Gasteiger partial charge in [-0.25, -0.2) is 0 Å². The monoisotopic (exact) mass is 356 g/mol. The molecule has 0 aromatic carbocycles. The van der Waals surface area contributed by atoms with Gasteiger partial charge in [0.05, 0.1) is 6.61 Å². The van der Waals surface area contributed by atoms with Gasteiger partial charge in [-0.2, -0.15) is 0 Å². The zero-order chi connectivity index (χ0) is 18.6. The molecule has 3 nitrogen and oxygen atoms in total. The Kier molecular flexibility index (Phi) is 4.36. The van der Waals surface area contributed by atoms with Crippen LogP contribution in [0.2, 0.25) is 0 Å². The smallest absolute Gasteiger partial charge is 0.155 e. The van der Waals surface area contributed by atoms with Crippen LogP contribution in [0, 0.1) is 40.4 Å². The number of carbonyl (C=O) groups excluding carboxylic acids is 1. The molecule has 2 N–H and O–H groups in total. The molecule has 0 heterocycles. The van der Waals surface area contributed by atoms with Crippen molar-refractivity contribution in [1.29, 1.82) is 0 Å². The van der Waals surface area contributed by atoms with Gasteiger partial charge in [-0.3, -0.25) is 4.79 Å². The summed E-state index contributed by atoms with van der Waals surface area (Å²) in [5.41, 5.74) is 0.534. The third-order valence-corrected chi connectivity index (χ3v) is 8.65. The quantitative estimate of drug-likeness (QED) is 0.705. The maximum atomic E-state index is 11.9. The number of aliphatic hydroxyl groups is 2. The highest BCUT2D eigenvalue weighted by atomic mass is 16.3. The Morgan fingerprint density at radius 1 is 1.12 bits per heavy atom. The predicted octanol–water partition coefficient (Wildman–Crippen LogP) is 3.64. The second-order valence-electron chi connectivity index (χ2n) is 9.60. The summed E-state index contributed by atoms with van der Waals surface area (Å²) in [4.78, 5) is 11.9. The molecule has 0 saturated heterocycles. The molecule has 0 radical (unpaired) electrons. The zero-order valence-corrected chi connectivity index (χ0v) is 16.2. The topological polar surface area (TPSA) is 57.5 Å². The fourth-order valence-electron chi connectivity index (χ4n) is 7.05. The number of fused-ring (bicyclic) bond motifs is 5. The van der Waals surface area contributed by atoms with Gasteiger partial charge >= 0.3 is 0 Å². The summed E-state index contributed by atoms with van der Waals surface area (Å²) in [6.07, 6.45) is 10.2. The molecular formula is C23H32O3. The number of hydrogen-bond donors (Lipinski definition) is 2. The third kappa shape index (κ3) is 2.45. The van der Waals surface area contributed by atoms with Crippen LogP contribution < -0.4 is 0 Å². The molecule has 0 bridgehead atoms. The van der Waals surface area contributed by atoms with E-state index in [1.54, 1.807) is 0 Å². The summed E-state index contributed by atoms with van der Waals surface area (Å²) < 4.78 is 0. The van der Waals surface area contributed by atoms with Crippen LogP contribution in [0.1, 0.15) is 71.6 Å². The minimum absolute atomic E-state index is 0.0557. The van der Waals surface area contributed by atoms with Crippen molar-refractivity contribution in [2.75, 3.05) is 6.61 Å². The van der Waals surface area contributed by atoms with E-state index < -0.39 is 5.60 Å². The Morgan fingerprint density at radius 3 is 2.65 bits per heavy atom. The Bertz CT molecular complexity index is 698. The van der Waals surface area contributed by atoms with E-state index in [1.165, 1.54) is 5.57 Å². The lowest BCUT2D eigenvalue weighted by Gasteiger charge is -2.58.